The summed E-state index contributed by atoms with van der Waals surface area (Å²) in [5.74, 6) is 0.953. The average molecular weight is 392 g/mol. The Morgan fingerprint density at radius 3 is 2.72 bits per heavy atom. The van der Waals surface area contributed by atoms with Gasteiger partial charge in [-0.2, -0.15) is 0 Å². The number of hydrogen-bond acceptors (Lipinski definition) is 6. The molecule has 1 amide bonds. The molecule has 3 aromatic rings. The van der Waals surface area contributed by atoms with Crippen molar-refractivity contribution in [1.29, 1.82) is 0 Å². The molecule has 29 heavy (non-hydrogen) atoms. The van der Waals surface area contributed by atoms with Crippen molar-refractivity contribution in [2.45, 2.75) is 13.3 Å². The Kier molecular flexibility index (Phi) is 5.57. The first-order chi connectivity index (χ1) is 14.1. The molecule has 7 heteroatoms. The lowest BCUT2D eigenvalue weighted by molar-refractivity contribution is -0.116. The summed E-state index contributed by atoms with van der Waals surface area (Å²) in [6, 6.07) is 12.8. The summed E-state index contributed by atoms with van der Waals surface area (Å²) in [7, 11) is 0. The first kappa shape index (κ1) is 19.1. The Balaban J connectivity index is 1.28. The topological polar surface area (TPSA) is 78.7 Å². The van der Waals surface area contributed by atoms with Crippen molar-refractivity contribution in [2.75, 3.05) is 42.9 Å². The van der Waals surface area contributed by atoms with Gasteiger partial charge in [-0.3, -0.25) is 9.69 Å². The molecule has 4 rings (SSSR count). The largest absolute Gasteiger partial charge is 0.423 e. The van der Waals surface area contributed by atoms with Gasteiger partial charge in [-0.1, -0.05) is 6.07 Å². The van der Waals surface area contributed by atoms with E-state index in [-0.39, 0.29) is 11.5 Å². The molecule has 2 aromatic heterocycles. The molecule has 1 aromatic carbocycles. The Morgan fingerprint density at radius 2 is 1.97 bits per heavy atom. The first-order valence-electron chi connectivity index (χ1n) is 9.81. The fraction of sp³-hybridized carbons (Fsp3) is 0.318. The van der Waals surface area contributed by atoms with Gasteiger partial charge in [-0.15, -0.1) is 0 Å². The minimum atomic E-state index is -0.386. The Labute approximate surface area is 169 Å². The fourth-order valence-corrected chi connectivity index (χ4v) is 3.63. The molecule has 0 spiro atoms. The molecule has 1 aliphatic heterocycles. The van der Waals surface area contributed by atoms with Gasteiger partial charge in [0.25, 0.3) is 0 Å². The highest BCUT2D eigenvalue weighted by Gasteiger charge is 2.18. The predicted octanol–water partition coefficient (Wildman–Crippen LogP) is 2.65. The standard InChI is InChI=1S/C22H24N4O3/c1-16-14-22(28)29-19-15-17(5-6-18(16)19)24-21(27)7-9-25-10-12-26(13-11-25)20-4-2-3-8-23-20/h2-6,8,14-15H,7,9-13H2,1H3,(H,24,27). The monoisotopic (exact) mass is 392 g/mol. The molecule has 0 saturated carbocycles. The third-order valence-corrected chi connectivity index (χ3v) is 5.24. The number of rotatable bonds is 5. The Hall–Kier alpha value is -3.19. The third-order valence-electron chi connectivity index (χ3n) is 5.24. The molecule has 3 heterocycles. The molecule has 0 unspecified atom stereocenters. The fourth-order valence-electron chi connectivity index (χ4n) is 3.63. The van der Waals surface area contributed by atoms with Crippen LogP contribution in [0, 0.1) is 6.92 Å². The second-order valence-electron chi connectivity index (χ2n) is 7.27. The van der Waals surface area contributed by atoms with Crippen LogP contribution in [0.4, 0.5) is 11.5 Å². The zero-order chi connectivity index (χ0) is 20.2. The molecule has 1 fully saturated rings. The third kappa shape index (κ3) is 4.63. The summed E-state index contributed by atoms with van der Waals surface area (Å²) in [6.45, 7) is 6.20. The predicted molar refractivity (Wildman–Crippen MR) is 113 cm³/mol. The molecule has 0 radical (unpaired) electrons. The van der Waals surface area contributed by atoms with Crippen LogP contribution in [0.1, 0.15) is 12.0 Å². The quantitative estimate of drug-likeness (QED) is 0.673. The van der Waals surface area contributed by atoms with E-state index in [0.29, 0.717) is 24.2 Å². The van der Waals surface area contributed by atoms with Crippen molar-refractivity contribution in [1.82, 2.24) is 9.88 Å². The molecule has 0 aliphatic carbocycles. The second-order valence-corrected chi connectivity index (χ2v) is 7.27. The van der Waals surface area contributed by atoms with Gasteiger partial charge < -0.3 is 14.6 Å². The summed E-state index contributed by atoms with van der Waals surface area (Å²) in [5, 5.41) is 3.77. The van der Waals surface area contributed by atoms with E-state index in [4.69, 9.17) is 4.42 Å². The normalized spacial score (nSPS) is 14.9. The maximum Gasteiger partial charge on any atom is 0.336 e. The lowest BCUT2D eigenvalue weighted by Gasteiger charge is -2.35. The van der Waals surface area contributed by atoms with E-state index < -0.39 is 0 Å². The summed E-state index contributed by atoms with van der Waals surface area (Å²) in [5.41, 5.74) is 1.59. The van der Waals surface area contributed by atoms with Gasteiger partial charge in [0.2, 0.25) is 5.91 Å². The number of anilines is 2. The highest BCUT2D eigenvalue weighted by molar-refractivity contribution is 5.93. The minimum absolute atomic E-state index is 0.0495. The summed E-state index contributed by atoms with van der Waals surface area (Å²) < 4.78 is 5.24. The lowest BCUT2D eigenvalue weighted by atomic mass is 10.1. The van der Waals surface area contributed by atoms with E-state index in [1.165, 1.54) is 6.07 Å². The highest BCUT2D eigenvalue weighted by atomic mass is 16.4. The molecular formula is C22H24N4O3. The molecular weight excluding hydrogens is 368 g/mol. The smallest absolute Gasteiger partial charge is 0.336 e. The van der Waals surface area contributed by atoms with Gasteiger partial charge in [0.15, 0.2) is 0 Å². The highest BCUT2D eigenvalue weighted by Crippen LogP contribution is 2.21. The molecule has 1 aliphatic rings. The number of carbonyl (C=O) groups excluding carboxylic acids is 1. The maximum absolute atomic E-state index is 12.4. The van der Waals surface area contributed by atoms with Crippen LogP contribution in [-0.4, -0.2) is 48.5 Å². The van der Waals surface area contributed by atoms with Gasteiger partial charge >= 0.3 is 5.63 Å². The molecule has 1 saturated heterocycles. The lowest BCUT2D eigenvalue weighted by Crippen LogP contribution is -2.47. The number of pyridine rings is 1. The minimum Gasteiger partial charge on any atom is -0.423 e. The summed E-state index contributed by atoms with van der Waals surface area (Å²) in [6.07, 6.45) is 2.23. The van der Waals surface area contributed by atoms with E-state index in [2.05, 4.69) is 20.1 Å². The van der Waals surface area contributed by atoms with E-state index in [1.807, 2.05) is 43.5 Å². The molecule has 150 valence electrons. The van der Waals surface area contributed by atoms with Crippen LogP contribution in [0.15, 0.2) is 57.9 Å². The number of amides is 1. The van der Waals surface area contributed by atoms with Crippen LogP contribution in [0.3, 0.4) is 0 Å². The van der Waals surface area contributed by atoms with Gasteiger partial charge in [0, 0.05) is 68.5 Å². The van der Waals surface area contributed by atoms with Crippen LogP contribution in [0.5, 0.6) is 0 Å². The van der Waals surface area contributed by atoms with Crippen molar-refractivity contribution in [2.24, 2.45) is 0 Å². The number of nitrogens with one attached hydrogen (secondary N) is 1. The number of nitrogens with zero attached hydrogens (tertiary/aromatic N) is 3. The Bertz CT molecular complexity index is 1060. The van der Waals surface area contributed by atoms with Gasteiger partial charge in [0.1, 0.15) is 11.4 Å². The van der Waals surface area contributed by atoms with Gasteiger partial charge in [-0.05, 0) is 36.8 Å². The molecule has 0 bridgehead atoms. The zero-order valence-corrected chi connectivity index (χ0v) is 16.4. The van der Waals surface area contributed by atoms with Crippen molar-refractivity contribution >= 4 is 28.4 Å². The van der Waals surface area contributed by atoms with Crippen LogP contribution < -0.4 is 15.8 Å². The van der Waals surface area contributed by atoms with E-state index >= 15 is 0 Å². The van der Waals surface area contributed by atoms with Crippen LogP contribution in [0.25, 0.3) is 11.0 Å². The first-order valence-corrected chi connectivity index (χ1v) is 9.81. The van der Waals surface area contributed by atoms with Crippen LogP contribution >= 0.6 is 0 Å². The second kappa shape index (κ2) is 8.45. The van der Waals surface area contributed by atoms with Gasteiger partial charge in [-0.25, -0.2) is 9.78 Å². The molecule has 7 nitrogen and oxygen atoms in total. The van der Waals surface area contributed by atoms with E-state index in [1.54, 1.807) is 6.07 Å². The number of aryl methyl sites for hydroxylation is 1. The van der Waals surface area contributed by atoms with Crippen LogP contribution in [-0.2, 0) is 4.79 Å². The summed E-state index contributed by atoms with van der Waals surface area (Å²) >= 11 is 0. The maximum atomic E-state index is 12.4. The number of piperazine rings is 1. The van der Waals surface area contributed by atoms with Crippen molar-refractivity contribution in [3.05, 3.63) is 64.6 Å². The van der Waals surface area contributed by atoms with Crippen molar-refractivity contribution < 1.29 is 9.21 Å². The molecule has 1 N–H and O–H groups in total. The Morgan fingerprint density at radius 1 is 1.14 bits per heavy atom. The van der Waals surface area contributed by atoms with E-state index in [9.17, 15) is 9.59 Å². The molecule has 0 atom stereocenters. The average Bonchev–Trinajstić information content (AvgIpc) is 2.73. The van der Waals surface area contributed by atoms with Gasteiger partial charge in [0.05, 0.1) is 0 Å². The van der Waals surface area contributed by atoms with Crippen molar-refractivity contribution in [3.63, 3.8) is 0 Å². The number of hydrogen-bond donors (Lipinski definition) is 1. The number of carbonyl (C=O) groups is 1. The number of fused-ring (bicyclic) bond motifs is 1. The SMILES string of the molecule is Cc1cc(=O)oc2cc(NC(=O)CCN3CCN(c4ccccn4)CC3)ccc12. The summed E-state index contributed by atoms with van der Waals surface area (Å²) in [4.78, 5) is 32.9. The number of aromatic nitrogens is 1. The number of benzene rings is 1. The zero-order valence-electron chi connectivity index (χ0n) is 16.4. The van der Waals surface area contributed by atoms with E-state index in [0.717, 1.165) is 42.9 Å². The van der Waals surface area contributed by atoms with Crippen molar-refractivity contribution in [3.8, 4) is 0 Å². The van der Waals surface area contributed by atoms with Crippen LogP contribution in [0.2, 0.25) is 0 Å².